The van der Waals surface area contributed by atoms with Gasteiger partial charge < -0.3 is 5.11 Å². The van der Waals surface area contributed by atoms with E-state index in [1.165, 1.54) is 12.1 Å². The molecule has 1 aromatic carbocycles. The number of aldehydes is 1. The number of aromatic nitrogens is 1. The first-order valence-electron chi connectivity index (χ1n) is 4.95. The van der Waals surface area contributed by atoms with E-state index < -0.39 is 5.97 Å². The van der Waals surface area contributed by atoms with Crippen molar-refractivity contribution in [2.45, 2.75) is 0 Å². The molecule has 0 saturated carbocycles. The van der Waals surface area contributed by atoms with Gasteiger partial charge in [-0.05, 0) is 35.4 Å². The van der Waals surface area contributed by atoms with Gasteiger partial charge in [0, 0.05) is 6.20 Å². The van der Waals surface area contributed by atoms with Gasteiger partial charge in [0.05, 0.1) is 5.56 Å². The van der Waals surface area contributed by atoms with Gasteiger partial charge in [0.25, 0.3) is 0 Å². The highest BCUT2D eigenvalue weighted by Gasteiger charge is 2.03. The Bertz CT molecular complexity index is 561. The van der Waals surface area contributed by atoms with E-state index in [-0.39, 0.29) is 5.56 Å². The predicted molar refractivity (Wildman–Crippen MR) is 62.0 cm³/mol. The second-order valence-electron chi connectivity index (χ2n) is 3.47. The molecule has 0 aliphatic rings. The molecule has 0 fully saturated rings. The Kier molecular flexibility index (Phi) is 2.96. The van der Waals surface area contributed by atoms with Crippen molar-refractivity contribution in [1.29, 1.82) is 0 Å². The second-order valence-corrected chi connectivity index (χ2v) is 3.47. The summed E-state index contributed by atoms with van der Waals surface area (Å²) in [5.74, 6) is -0.958. The Hall–Kier alpha value is -2.49. The number of benzene rings is 1. The van der Waals surface area contributed by atoms with Crippen molar-refractivity contribution in [2.75, 3.05) is 0 Å². The van der Waals surface area contributed by atoms with E-state index in [2.05, 4.69) is 4.98 Å². The number of hydrogen-bond acceptors (Lipinski definition) is 3. The summed E-state index contributed by atoms with van der Waals surface area (Å²) in [5.41, 5.74) is 2.27. The number of pyridine rings is 1. The summed E-state index contributed by atoms with van der Waals surface area (Å²) in [4.78, 5) is 25.2. The normalized spacial score (nSPS) is 9.88. The highest BCUT2D eigenvalue weighted by Crippen LogP contribution is 2.19. The van der Waals surface area contributed by atoms with Gasteiger partial charge in [0.1, 0.15) is 5.69 Å². The van der Waals surface area contributed by atoms with Gasteiger partial charge in [0.15, 0.2) is 6.29 Å². The third kappa shape index (κ3) is 2.36. The highest BCUT2D eigenvalue weighted by molar-refractivity contribution is 5.88. The van der Waals surface area contributed by atoms with Crippen molar-refractivity contribution in [3.05, 3.63) is 53.9 Å². The summed E-state index contributed by atoms with van der Waals surface area (Å²) in [7, 11) is 0. The van der Waals surface area contributed by atoms with Crippen LogP contribution in [-0.4, -0.2) is 22.3 Å². The number of carbonyl (C=O) groups excluding carboxylic acids is 1. The van der Waals surface area contributed by atoms with Crippen LogP contribution in [0.5, 0.6) is 0 Å². The van der Waals surface area contributed by atoms with E-state index in [1.54, 1.807) is 30.5 Å². The molecular formula is C13H9NO3. The van der Waals surface area contributed by atoms with Crippen LogP contribution in [0, 0.1) is 0 Å². The Morgan fingerprint density at radius 1 is 1.12 bits per heavy atom. The molecule has 0 radical (unpaired) electrons. The van der Waals surface area contributed by atoms with Crippen LogP contribution in [0.25, 0.3) is 11.1 Å². The molecule has 1 N–H and O–H groups in total. The van der Waals surface area contributed by atoms with Crippen LogP contribution < -0.4 is 0 Å². The highest BCUT2D eigenvalue weighted by atomic mass is 16.4. The molecule has 0 aliphatic carbocycles. The SMILES string of the molecule is O=Cc1cc(-c2ccc(C(=O)O)cc2)ccn1. The fourth-order valence-corrected chi connectivity index (χ4v) is 1.50. The fourth-order valence-electron chi connectivity index (χ4n) is 1.50. The lowest BCUT2D eigenvalue weighted by Gasteiger charge is -2.02. The van der Waals surface area contributed by atoms with Crippen molar-refractivity contribution in [3.8, 4) is 11.1 Å². The lowest BCUT2D eigenvalue weighted by molar-refractivity contribution is 0.0696. The maximum Gasteiger partial charge on any atom is 0.335 e. The minimum absolute atomic E-state index is 0.235. The van der Waals surface area contributed by atoms with Crippen molar-refractivity contribution in [2.24, 2.45) is 0 Å². The standard InChI is InChI=1S/C13H9NO3/c15-8-12-7-11(5-6-14-12)9-1-3-10(4-2-9)13(16)17/h1-8H,(H,16,17). The van der Waals surface area contributed by atoms with Crippen LogP contribution in [0.2, 0.25) is 0 Å². The second kappa shape index (κ2) is 4.57. The summed E-state index contributed by atoms with van der Waals surface area (Å²) in [6, 6.07) is 9.88. The zero-order valence-corrected chi connectivity index (χ0v) is 8.83. The molecule has 0 spiro atoms. The van der Waals surface area contributed by atoms with Crippen LogP contribution >= 0.6 is 0 Å². The summed E-state index contributed by atoms with van der Waals surface area (Å²) in [5, 5.41) is 8.77. The van der Waals surface area contributed by atoms with Crippen LogP contribution in [0.4, 0.5) is 0 Å². The molecule has 0 atom stereocenters. The molecule has 1 heterocycles. The minimum atomic E-state index is -0.958. The fraction of sp³-hybridized carbons (Fsp3) is 0. The molecule has 0 amide bonds. The number of carboxylic acid groups (broad SMARTS) is 1. The average molecular weight is 227 g/mol. The first kappa shape index (κ1) is 11.0. The number of rotatable bonds is 3. The smallest absolute Gasteiger partial charge is 0.335 e. The zero-order valence-electron chi connectivity index (χ0n) is 8.83. The lowest BCUT2D eigenvalue weighted by atomic mass is 10.0. The summed E-state index contributed by atoms with van der Waals surface area (Å²) >= 11 is 0. The third-order valence-corrected chi connectivity index (χ3v) is 2.37. The first-order valence-corrected chi connectivity index (χ1v) is 4.95. The van der Waals surface area contributed by atoms with E-state index in [4.69, 9.17) is 5.11 Å². The molecule has 84 valence electrons. The minimum Gasteiger partial charge on any atom is -0.478 e. The maximum absolute atomic E-state index is 10.7. The van der Waals surface area contributed by atoms with Gasteiger partial charge in [-0.25, -0.2) is 4.79 Å². The number of carbonyl (C=O) groups is 2. The largest absolute Gasteiger partial charge is 0.478 e. The monoisotopic (exact) mass is 227 g/mol. The Labute approximate surface area is 97.6 Å². The van der Waals surface area contributed by atoms with E-state index in [0.29, 0.717) is 12.0 Å². The van der Waals surface area contributed by atoms with Crippen molar-refractivity contribution >= 4 is 12.3 Å². The number of nitrogens with zero attached hydrogens (tertiary/aromatic N) is 1. The quantitative estimate of drug-likeness (QED) is 0.816. The molecule has 0 bridgehead atoms. The first-order chi connectivity index (χ1) is 8.20. The number of aromatic carboxylic acids is 1. The molecule has 0 aliphatic heterocycles. The number of carboxylic acids is 1. The van der Waals surface area contributed by atoms with Gasteiger partial charge >= 0.3 is 5.97 Å². The van der Waals surface area contributed by atoms with Gasteiger partial charge in [-0.2, -0.15) is 0 Å². The lowest BCUT2D eigenvalue weighted by Crippen LogP contribution is -1.95. The number of hydrogen-bond donors (Lipinski definition) is 1. The van der Waals surface area contributed by atoms with Crippen LogP contribution in [0.15, 0.2) is 42.6 Å². The third-order valence-electron chi connectivity index (χ3n) is 2.37. The molecule has 1 aromatic heterocycles. The molecule has 4 nitrogen and oxygen atoms in total. The van der Waals surface area contributed by atoms with Gasteiger partial charge in [-0.3, -0.25) is 9.78 Å². The van der Waals surface area contributed by atoms with Crippen molar-refractivity contribution in [3.63, 3.8) is 0 Å². The maximum atomic E-state index is 10.7. The van der Waals surface area contributed by atoms with E-state index in [9.17, 15) is 9.59 Å². The van der Waals surface area contributed by atoms with Crippen LogP contribution in [0.1, 0.15) is 20.8 Å². The van der Waals surface area contributed by atoms with Gasteiger partial charge in [0.2, 0.25) is 0 Å². The summed E-state index contributed by atoms with van der Waals surface area (Å²) < 4.78 is 0. The summed E-state index contributed by atoms with van der Waals surface area (Å²) in [6.45, 7) is 0. The molecular weight excluding hydrogens is 218 g/mol. The van der Waals surface area contributed by atoms with Crippen molar-refractivity contribution < 1.29 is 14.7 Å². The van der Waals surface area contributed by atoms with E-state index >= 15 is 0 Å². The predicted octanol–water partition coefficient (Wildman–Crippen LogP) is 2.26. The molecule has 4 heteroatoms. The zero-order chi connectivity index (χ0) is 12.3. The molecule has 2 rings (SSSR count). The molecule has 17 heavy (non-hydrogen) atoms. The van der Waals surface area contributed by atoms with Gasteiger partial charge in [-0.15, -0.1) is 0 Å². The van der Waals surface area contributed by atoms with Crippen molar-refractivity contribution in [1.82, 2.24) is 4.98 Å². The Morgan fingerprint density at radius 2 is 1.82 bits per heavy atom. The summed E-state index contributed by atoms with van der Waals surface area (Å²) in [6.07, 6.45) is 2.22. The van der Waals surface area contributed by atoms with E-state index in [0.717, 1.165) is 11.1 Å². The van der Waals surface area contributed by atoms with E-state index in [1.807, 2.05) is 0 Å². The average Bonchev–Trinajstić information content (AvgIpc) is 2.39. The topological polar surface area (TPSA) is 67.3 Å². The van der Waals surface area contributed by atoms with Gasteiger partial charge in [-0.1, -0.05) is 12.1 Å². The van der Waals surface area contributed by atoms with Crippen LogP contribution in [-0.2, 0) is 0 Å². The Balaban J connectivity index is 2.39. The molecule has 0 saturated heterocycles. The Morgan fingerprint density at radius 3 is 2.41 bits per heavy atom. The molecule has 0 unspecified atom stereocenters. The van der Waals surface area contributed by atoms with Crippen LogP contribution in [0.3, 0.4) is 0 Å². The molecule has 2 aromatic rings.